The van der Waals surface area contributed by atoms with Gasteiger partial charge < -0.3 is 15.3 Å². The van der Waals surface area contributed by atoms with Crippen molar-refractivity contribution in [2.75, 3.05) is 25.0 Å². The van der Waals surface area contributed by atoms with Gasteiger partial charge in [0.2, 0.25) is 10.0 Å². The molecule has 0 aliphatic carbocycles. The minimum atomic E-state index is -3.71. The summed E-state index contributed by atoms with van der Waals surface area (Å²) in [6, 6.07) is 7.31. The topological polar surface area (TPSA) is 103 Å². The number of benzene rings is 1. The number of sulfonamides is 1. The third-order valence-corrected chi connectivity index (χ3v) is 6.17. The van der Waals surface area contributed by atoms with Gasteiger partial charge in [0, 0.05) is 30.9 Å². The fourth-order valence-corrected chi connectivity index (χ4v) is 4.57. The van der Waals surface area contributed by atoms with Crippen molar-refractivity contribution in [3.05, 3.63) is 53.5 Å². The van der Waals surface area contributed by atoms with E-state index in [9.17, 15) is 18.4 Å². The maximum absolute atomic E-state index is 13.0. The van der Waals surface area contributed by atoms with Crippen molar-refractivity contribution in [1.82, 2.24) is 4.31 Å². The molecular weight excluding hydrogens is 370 g/mol. The van der Waals surface area contributed by atoms with Crippen LogP contribution in [0.4, 0.5) is 5.69 Å². The molecule has 8 nitrogen and oxygen atoms in total. The lowest BCUT2D eigenvalue weighted by molar-refractivity contribution is -0.605. The summed E-state index contributed by atoms with van der Waals surface area (Å²) >= 11 is 0. The molecule has 1 N–H and O–H groups in total. The number of ether oxygens (including phenoxy) is 1. The quantitative estimate of drug-likeness (QED) is 0.597. The van der Waals surface area contributed by atoms with Crippen molar-refractivity contribution in [2.45, 2.75) is 24.7 Å². The molecule has 27 heavy (non-hydrogen) atoms. The molecule has 144 valence electrons. The Bertz CT molecular complexity index is 923. The van der Waals surface area contributed by atoms with Gasteiger partial charge in [0.25, 0.3) is 5.91 Å². The van der Waals surface area contributed by atoms with Gasteiger partial charge in [-0.3, -0.25) is 4.79 Å². The molecular formula is C18H21N3O5S. The third-order valence-electron chi connectivity index (χ3n) is 4.25. The van der Waals surface area contributed by atoms with Gasteiger partial charge >= 0.3 is 0 Å². The summed E-state index contributed by atoms with van der Waals surface area (Å²) in [5.74, 6) is -0.182. The summed E-state index contributed by atoms with van der Waals surface area (Å²) in [6.45, 7) is 3.06. The second-order valence-electron chi connectivity index (χ2n) is 6.11. The van der Waals surface area contributed by atoms with Crippen LogP contribution in [0.25, 0.3) is 0 Å². The zero-order valence-electron chi connectivity index (χ0n) is 14.9. The predicted octanol–water partition coefficient (Wildman–Crippen LogP) is 1.76. The highest BCUT2D eigenvalue weighted by Gasteiger charge is 2.30. The highest BCUT2D eigenvalue weighted by Crippen LogP contribution is 2.31. The van der Waals surface area contributed by atoms with Crippen molar-refractivity contribution in [3.63, 3.8) is 0 Å². The average molecular weight is 391 g/mol. The molecule has 2 aromatic rings. The van der Waals surface area contributed by atoms with Crippen LogP contribution in [0.15, 0.2) is 47.6 Å². The zero-order chi connectivity index (χ0) is 19.4. The Hall–Kier alpha value is -2.65. The van der Waals surface area contributed by atoms with Crippen LogP contribution in [0.5, 0.6) is 5.75 Å². The van der Waals surface area contributed by atoms with Gasteiger partial charge in [0.05, 0.1) is 12.2 Å². The van der Waals surface area contributed by atoms with E-state index < -0.39 is 15.9 Å². The second kappa shape index (κ2) is 7.93. The number of amides is 1. The zero-order valence-corrected chi connectivity index (χ0v) is 15.7. The molecule has 3 rings (SSSR count). The first-order valence-electron chi connectivity index (χ1n) is 8.69. The number of anilines is 1. The lowest BCUT2D eigenvalue weighted by Gasteiger charge is -2.19. The van der Waals surface area contributed by atoms with Crippen LogP contribution in [0.2, 0.25) is 0 Å². The molecule has 0 saturated carbocycles. The van der Waals surface area contributed by atoms with E-state index >= 15 is 0 Å². The highest BCUT2D eigenvalue weighted by atomic mass is 32.2. The number of carbonyl (C=O) groups excluding carboxylic acids is 1. The van der Waals surface area contributed by atoms with Crippen LogP contribution >= 0.6 is 0 Å². The van der Waals surface area contributed by atoms with E-state index in [1.165, 1.54) is 34.9 Å². The van der Waals surface area contributed by atoms with Crippen LogP contribution in [0.1, 0.15) is 30.1 Å². The van der Waals surface area contributed by atoms with E-state index in [-0.39, 0.29) is 10.6 Å². The maximum Gasteiger partial charge on any atom is 0.256 e. The molecule has 0 bridgehead atoms. The summed E-state index contributed by atoms with van der Waals surface area (Å²) < 4.78 is 33.4. The maximum atomic E-state index is 13.0. The molecule has 1 aliphatic rings. The van der Waals surface area contributed by atoms with Gasteiger partial charge in [-0.1, -0.05) is 0 Å². The van der Waals surface area contributed by atoms with Crippen LogP contribution in [-0.4, -0.2) is 38.3 Å². The molecule has 1 fully saturated rings. The molecule has 2 heterocycles. The number of nitrogens with one attached hydrogen (secondary N) is 1. The summed E-state index contributed by atoms with van der Waals surface area (Å²) in [6.07, 6.45) is 4.09. The van der Waals surface area contributed by atoms with Crippen molar-refractivity contribution in [1.29, 1.82) is 0 Å². The SMILES string of the molecule is CCOc1ccc(NC(=O)c2cc[n+]([O-])cc2)cc1S(=O)(=O)N1CCCC1. The van der Waals surface area contributed by atoms with E-state index in [0.717, 1.165) is 12.8 Å². The first-order valence-corrected chi connectivity index (χ1v) is 10.1. The lowest BCUT2D eigenvalue weighted by atomic mass is 10.2. The average Bonchev–Trinajstić information content (AvgIpc) is 3.19. The minimum Gasteiger partial charge on any atom is -0.619 e. The summed E-state index contributed by atoms with van der Waals surface area (Å²) in [4.78, 5) is 12.4. The third kappa shape index (κ3) is 4.20. The molecule has 1 aromatic heterocycles. The van der Waals surface area contributed by atoms with Gasteiger partial charge in [-0.25, -0.2) is 8.42 Å². The smallest absolute Gasteiger partial charge is 0.256 e. The van der Waals surface area contributed by atoms with Gasteiger partial charge in [0.1, 0.15) is 10.6 Å². The Morgan fingerprint density at radius 3 is 2.52 bits per heavy atom. The van der Waals surface area contributed by atoms with Crippen LogP contribution in [-0.2, 0) is 10.0 Å². The number of carbonyl (C=O) groups is 1. The van der Waals surface area contributed by atoms with Crippen molar-refractivity contribution < 1.29 is 22.7 Å². The normalized spacial score (nSPS) is 14.9. The van der Waals surface area contributed by atoms with E-state index in [0.29, 0.717) is 35.7 Å². The lowest BCUT2D eigenvalue weighted by Crippen LogP contribution is -2.28. The highest BCUT2D eigenvalue weighted by molar-refractivity contribution is 7.89. The Labute approximate surface area is 158 Å². The van der Waals surface area contributed by atoms with Crippen LogP contribution < -0.4 is 14.8 Å². The number of hydrogen-bond donors (Lipinski definition) is 1. The molecule has 1 amide bonds. The van der Waals surface area contributed by atoms with E-state index in [1.807, 2.05) is 0 Å². The van der Waals surface area contributed by atoms with Crippen molar-refractivity contribution in [3.8, 4) is 5.75 Å². The van der Waals surface area contributed by atoms with Gasteiger partial charge in [-0.2, -0.15) is 9.04 Å². The molecule has 1 aromatic carbocycles. The largest absolute Gasteiger partial charge is 0.619 e. The Morgan fingerprint density at radius 2 is 1.89 bits per heavy atom. The first-order chi connectivity index (χ1) is 12.9. The number of hydrogen-bond acceptors (Lipinski definition) is 5. The summed E-state index contributed by atoms with van der Waals surface area (Å²) in [5, 5.41) is 13.7. The van der Waals surface area contributed by atoms with Crippen LogP contribution in [0.3, 0.4) is 0 Å². The van der Waals surface area contributed by atoms with E-state index in [1.54, 1.807) is 19.1 Å². The Morgan fingerprint density at radius 1 is 1.22 bits per heavy atom. The van der Waals surface area contributed by atoms with Gasteiger partial charge in [0.15, 0.2) is 12.4 Å². The molecule has 9 heteroatoms. The second-order valence-corrected chi connectivity index (χ2v) is 8.01. The predicted molar refractivity (Wildman–Crippen MR) is 99.0 cm³/mol. The van der Waals surface area contributed by atoms with Gasteiger partial charge in [-0.15, -0.1) is 0 Å². The molecule has 1 saturated heterocycles. The summed E-state index contributed by atoms with van der Waals surface area (Å²) in [5.41, 5.74) is 0.625. The van der Waals surface area contributed by atoms with Crippen molar-refractivity contribution >= 4 is 21.6 Å². The monoisotopic (exact) mass is 391 g/mol. The fourth-order valence-electron chi connectivity index (χ4n) is 2.90. The van der Waals surface area contributed by atoms with E-state index in [2.05, 4.69) is 5.32 Å². The number of pyridine rings is 1. The standard InChI is InChI=1S/C18H21N3O5S/c1-2-26-16-6-5-15(19-18(22)14-7-11-20(23)12-8-14)13-17(16)27(24,25)21-9-3-4-10-21/h5-8,11-13H,2-4,9-10H2,1H3,(H,19,22). The molecule has 0 spiro atoms. The number of rotatable bonds is 6. The minimum absolute atomic E-state index is 0.0366. The van der Waals surface area contributed by atoms with Gasteiger partial charge in [-0.05, 0) is 38.0 Å². The first kappa shape index (κ1) is 19.1. The number of aromatic nitrogens is 1. The molecule has 0 unspecified atom stereocenters. The molecule has 0 radical (unpaired) electrons. The van der Waals surface area contributed by atoms with Crippen LogP contribution in [0, 0.1) is 5.21 Å². The van der Waals surface area contributed by atoms with Crippen molar-refractivity contribution in [2.24, 2.45) is 0 Å². The number of nitrogens with zero attached hydrogens (tertiary/aromatic N) is 2. The fraction of sp³-hybridized carbons (Fsp3) is 0.333. The molecule has 0 atom stereocenters. The Kier molecular flexibility index (Phi) is 5.62. The Balaban J connectivity index is 1.91. The summed E-state index contributed by atoms with van der Waals surface area (Å²) in [7, 11) is -3.71. The van der Waals surface area contributed by atoms with E-state index in [4.69, 9.17) is 4.74 Å². The molecule has 1 aliphatic heterocycles.